The number of rotatable bonds is 5. The summed E-state index contributed by atoms with van der Waals surface area (Å²) < 4.78 is 5.03. The summed E-state index contributed by atoms with van der Waals surface area (Å²) in [5.41, 5.74) is 1.86. The Labute approximate surface area is 156 Å². The van der Waals surface area contributed by atoms with Crippen molar-refractivity contribution in [1.29, 1.82) is 0 Å². The Morgan fingerprint density at radius 3 is 2.74 bits per heavy atom. The van der Waals surface area contributed by atoms with Gasteiger partial charge in [0, 0.05) is 37.5 Å². The fourth-order valence-electron chi connectivity index (χ4n) is 2.48. The zero-order valence-corrected chi connectivity index (χ0v) is 15.4. The Hall–Kier alpha value is -3.26. The minimum atomic E-state index is -1.09. The molecule has 0 aromatic carbocycles. The maximum absolute atomic E-state index is 11.9. The molecule has 0 fully saturated rings. The number of H-pyrrole nitrogens is 1. The van der Waals surface area contributed by atoms with Crippen LogP contribution < -0.4 is 10.6 Å². The van der Waals surface area contributed by atoms with Crippen molar-refractivity contribution in [2.75, 3.05) is 12.4 Å². The molecule has 0 spiro atoms. The van der Waals surface area contributed by atoms with Gasteiger partial charge < -0.3 is 9.72 Å². The molecular formula is C19H21N5O3. The number of fused-ring (bicyclic) bond motifs is 1. The van der Waals surface area contributed by atoms with Crippen molar-refractivity contribution >= 4 is 28.8 Å². The molecule has 0 aliphatic rings. The van der Waals surface area contributed by atoms with Crippen LogP contribution in [0, 0.1) is 0 Å². The van der Waals surface area contributed by atoms with E-state index in [1.54, 1.807) is 32.3 Å². The Kier molecular flexibility index (Phi) is 5.18. The first-order valence-electron chi connectivity index (χ1n) is 8.42. The monoisotopic (exact) mass is 367 g/mol. The predicted molar refractivity (Wildman–Crippen MR) is 101 cm³/mol. The second kappa shape index (κ2) is 7.55. The van der Waals surface area contributed by atoms with Crippen LogP contribution in [-0.2, 0) is 16.0 Å². The molecule has 0 bridgehead atoms. The summed E-state index contributed by atoms with van der Waals surface area (Å²) >= 11 is 0. The molecule has 0 saturated heterocycles. The van der Waals surface area contributed by atoms with Crippen LogP contribution in [0.3, 0.4) is 0 Å². The van der Waals surface area contributed by atoms with E-state index in [-0.39, 0.29) is 0 Å². The van der Waals surface area contributed by atoms with Gasteiger partial charge in [0.1, 0.15) is 17.1 Å². The van der Waals surface area contributed by atoms with Crippen LogP contribution in [-0.4, -0.2) is 39.6 Å². The van der Waals surface area contributed by atoms with E-state index < -0.39 is 17.5 Å². The molecule has 140 valence electrons. The van der Waals surface area contributed by atoms with Gasteiger partial charge in [-0.15, -0.1) is 0 Å². The Balaban J connectivity index is 1.62. The SMILES string of the molecule is COC(C)(C)C(=O)NC(=O)Nc1ccc(Cc2c[nH]c3ncccc23)cn1. The van der Waals surface area contributed by atoms with Crippen molar-refractivity contribution in [2.45, 2.75) is 25.9 Å². The number of pyridine rings is 2. The molecule has 0 unspecified atom stereocenters. The lowest BCUT2D eigenvalue weighted by Crippen LogP contribution is -2.47. The van der Waals surface area contributed by atoms with Gasteiger partial charge in [-0.25, -0.2) is 14.8 Å². The minimum absolute atomic E-state index is 0.347. The number of amides is 3. The number of carbonyl (C=O) groups is 2. The largest absolute Gasteiger partial charge is 0.369 e. The molecule has 0 atom stereocenters. The highest BCUT2D eigenvalue weighted by molar-refractivity contribution is 6.03. The van der Waals surface area contributed by atoms with Crippen LogP contribution in [0.2, 0.25) is 0 Å². The third kappa shape index (κ3) is 4.29. The molecule has 8 nitrogen and oxygen atoms in total. The maximum Gasteiger partial charge on any atom is 0.327 e. The second-order valence-electron chi connectivity index (χ2n) is 6.56. The molecule has 0 saturated carbocycles. The van der Waals surface area contributed by atoms with Crippen LogP contribution in [0.25, 0.3) is 11.0 Å². The van der Waals surface area contributed by atoms with Gasteiger partial charge in [-0.1, -0.05) is 6.07 Å². The summed E-state index contributed by atoms with van der Waals surface area (Å²) in [5, 5.41) is 5.82. The lowest BCUT2D eigenvalue weighted by atomic mass is 10.1. The average Bonchev–Trinajstić information content (AvgIpc) is 3.06. The molecule has 3 rings (SSSR count). The quantitative estimate of drug-likeness (QED) is 0.642. The highest BCUT2D eigenvalue weighted by Crippen LogP contribution is 2.19. The topological polar surface area (TPSA) is 109 Å². The van der Waals surface area contributed by atoms with Gasteiger partial charge in [-0.3, -0.25) is 15.4 Å². The van der Waals surface area contributed by atoms with Crippen molar-refractivity contribution in [3.05, 3.63) is 54.0 Å². The minimum Gasteiger partial charge on any atom is -0.369 e. The van der Waals surface area contributed by atoms with Crippen molar-refractivity contribution in [3.63, 3.8) is 0 Å². The maximum atomic E-state index is 11.9. The number of hydrogen-bond donors (Lipinski definition) is 3. The van der Waals surface area contributed by atoms with E-state index in [0.717, 1.165) is 22.2 Å². The molecule has 0 aliphatic heterocycles. The number of carbonyl (C=O) groups excluding carboxylic acids is 2. The van der Waals surface area contributed by atoms with Gasteiger partial charge in [-0.05, 0) is 43.2 Å². The molecule has 8 heteroatoms. The number of imide groups is 1. The molecular weight excluding hydrogens is 346 g/mol. The van der Waals surface area contributed by atoms with E-state index in [1.165, 1.54) is 7.11 Å². The first-order valence-corrected chi connectivity index (χ1v) is 8.42. The number of urea groups is 1. The molecule has 27 heavy (non-hydrogen) atoms. The number of aromatic nitrogens is 3. The fourth-order valence-corrected chi connectivity index (χ4v) is 2.48. The summed E-state index contributed by atoms with van der Waals surface area (Å²) in [6, 6.07) is 6.82. The highest BCUT2D eigenvalue weighted by atomic mass is 16.5. The van der Waals surface area contributed by atoms with Crippen molar-refractivity contribution in [3.8, 4) is 0 Å². The normalized spacial score (nSPS) is 11.4. The van der Waals surface area contributed by atoms with E-state index in [0.29, 0.717) is 12.2 Å². The molecule has 0 aliphatic carbocycles. The number of methoxy groups -OCH3 is 1. The predicted octanol–water partition coefficient (Wildman–Crippen LogP) is 2.62. The Morgan fingerprint density at radius 1 is 1.22 bits per heavy atom. The molecule has 0 radical (unpaired) electrons. The van der Waals surface area contributed by atoms with E-state index >= 15 is 0 Å². The van der Waals surface area contributed by atoms with Crippen LogP contribution in [0.4, 0.5) is 10.6 Å². The van der Waals surface area contributed by atoms with Gasteiger partial charge in [0.15, 0.2) is 0 Å². The van der Waals surface area contributed by atoms with Crippen molar-refractivity contribution < 1.29 is 14.3 Å². The Bertz CT molecular complexity index is 963. The van der Waals surface area contributed by atoms with Crippen LogP contribution in [0.1, 0.15) is 25.0 Å². The summed E-state index contributed by atoms with van der Waals surface area (Å²) in [7, 11) is 1.40. The number of ether oxygens (including phenoxy) is 1. The number of nitrogens with one attached hydrogen (secondary N) is 3. The molecule has 3 N–H and O–H groups in total. The Morgan fingerprint density at radius 2 is 2.04 bits per heavy atom. The van der Waals surface area contributed by atoms with Crippen LogP contribution >= 0.6 is 0 Å². The van der Waals surface area contributed by atoms with Gasteiger partial charge in [0.2, 0.25) is 0 Å². The van der Waals surface area contributed by atoms with Crippen LogP contribution in [0.5, 0.6) is 0 Å². The third-order valence-corrected chi connectivity index (χ3v) is 4.28. The fraction of sp³-hybridized carbons (Fsp3) is 0.263. The standard InChI is InChI=1S/C19H21N5O3/c1-19(2,27-3)17(25)24-18(26)23-15-7-6-12(10-21-15)9-13-11-22-16-14(13)5-4-8-20-16/h4-8,10-11H,9H2,1-3H3,(H,20,22)(H2,21,23,24,25,26). The van der Waals surface area contributed by atoms with E-state index in [9.17, 15) is 9.59 Å². The molecule has 3 amide bonds. The van der Waals surface area contributed by atoms with Crippen molar-refractivity contribution in [1.82, 2.24) is 20.3 Å². The average molecular weight is 367 g/mol. The van der Waals surface area contributed by atoms with Gasteiger partial charge in [0.05, 0.1) is 0 Å². The summed E-state index contributed by atoms with van der Waals surface area (Å²) in [4.78, 5) is 35.5. The van der Waals surface area contributed by atoms with Crippen LogP contribution in [0.15, 0.2) is 42.9 Å². The summed E-state index contributed by atoms with van der Waals surface area (Å²) in [5.74, 6) is -0.188. The molecule has 3 aromatic heterocycles. The zero-order valence-electron chi connectivity index (χ0n) is 15.4. The van der Waals surface area contributed by atoms with E-state index in [1.807, 2.05) is 24.4 Å². The lowest BCUT2D eigenvalue weighted by molar-refractivity contribution is -0.138. The summed E-state index contributed by atoms with van der Waals surface area (Å²) in [6.07, 6.45) is 6.05. The third-order valence-electron chi connectivity index (χ3n) is 4.28. The van der Waals surface area contributed by atoms with Gasteiger partial charge in [-0.2, -0.15) is 0 Å². The van der Waals surface area contributed by atoms with E-state index in [2.05, 4.69) is 25.6 Å². The number of nitrogens with zero attached hydrogens (tertiary/aromatic N) is 2. The summed E-state index contributed by atoms with van der Waals surface area (Å²) in [6.45, 7) is 3.14. The lowest BCUT2D eigenvalue weighted by Gasteiger charge is -2.20. The zero-order chi connectivity index (χ0) is 19.4. The number of hydrogen-bond acceptors (Lipinski definition) is 5. The van der Waals surface area contributed by atoms with Gasteiger partial charge in [0.25, 0.3) is 5.91 Å². The molecule has 3 heterocycles. The highest BCUT2D eigenvalue weighted by Gasteiger charge is 2.28. The second-order valence-corrected chi connectivity index (χ2v) is 6.56. The number of aromatic amines is 1. The van der Waals surface area contributed by atoms with E-state index in [4.69, 9.17) is 4.74 Å². The smallest absolute Gasteiger partial charge is 0.327 e. The number of anilines is 1. The van der Waals surface area contributed by atoms with Crippen molar-refractivity contribution in [2.24, 2.45) is 0 Å². The first-order chi connectivity index (χ1) is 12.9. The molecule has 3 aromatic rings. The first kappa shape index (κ1) is 18.5. The van der Waals surface area contributed by atoms with Gasteiger partial charge >= 0.3 is 6.03 Å².